The molecule has 0 aromatic heterocycles. The lowest BCUT2D eigenvalue weighted by molar-refractivity contribution is -0.125. The summed E-state index contributed by atoms with van der Waals surface area (Å²) in [7, 11) is 0. The quantitative estimate of drug-likeness (QED) is 0.677. The van der Waals surface area contributed by atoms with Gasteiger partial charge >= 0.3 is 0 Å². The van der Waals surface area contributed by atoms with Crippen molar-refractivity contribution in [3.63, 3.8) is 0 Å². The smallest absolute Gasteiger partial charge is 0.224 e. The average molecular weight is 335 g/mol. The van der Waals surface area contributed by atoms with Crippen molar-refractivity contribution in [1.82, 2.24) is 5.32 Å². The van der Waals surface area contributed by atoms with Crippen LogP contribution in [0.2, 0.25) is 10.0 Å². The SMILES string of the molecule is CC(C)(CNCC(O)COc1ccc(Cl)cc1Cl)C(N)=O. The minimum atomic E-state index is -0.736. The van der Waals surface area contributed by atoms with Gasteiger partial charge in [-0.3, -0.25) is 4.79 Å². The van der Waals surface area contributed by atoms with E-state index >= 15 is 0 Å². The van der Waals surface area contributed by atoms with Crippen LogP contribution in [0, 0.1) is 5.41 Å². The molecule has 1 atom stereocenters. The van der Waals surface area contributed by atoms with E-state index in [-0.39, 0.29) is 13.2 Å². The zero-order chi connectivity index (χ0) is 16.0. The first-order chi connectivity index (χ1) is 9.72. The Bertz CT molecular complexity index is 495. The Balaban J connectivity index is 2.34. The molecule has 0 saturated carbocycles. The molecule has 118 valence electrons. The maximum atomic E-state index is 11.1. The average Bonchev–Trinajstić information content (AvgIpc) is 2.37. The third-order valence-electron chi connectivity index (χ3n) is 2.94. The topological polar surface area (TPSA) is 84.6 Å². The monoisotopic (exact) mass is 334 g/mol. The molecule has 0 spiro atoms. The third-order valence-corrected chi connectivity index (χ3v) is 3.47. The molecule has 0 aliphatic heterocycles. The predicted molar refractivity (Wildman–Crippen MR) is 83.8 cm³/mol. The Morgan fingerprint density at radius 2 is 2.14 bits per heavy atom. The molecule has 0 saturated heterocycles. The Kier molecular flexibility index (Phi) is 6.74. The first kappa shape index (κ1) is 18.0. The van der Waals surface area contributed by atoms with E-state index in [1.165, 1.54) is 0 Å². The summed E-state index contributed by atoms with van der Waals surface area (Å²) in [6.45, 7) is 4.20. The van der Waals surface area contributed by atoms with Gasteiger partial charge in [-0.2, -0.15) is 0 Å². The normalized spacial score (nSPS) is 13.0. The molecule has 1 rings (SSSR count). The number of hydrogen-bond donors (Lipinski definition) is 3. The van der Waals surface area contributed by atoms with Gasteiger partial charge in [-0.1, -0.05) is 23.2 Å². The predicted octanol–water partition coefficient (Wildman–Crippen LogP) is 1.83. The van der Waals surface area contributed by atoms with Gasteiger partial charge in [0.2, 0.25) is 5.91 Å². The van der Waals surface area contributed by atoms with Gasteiger partial charge in [-0.25, -0.2) is 0 Å². The summed E-state index contributed by atoms with van der Waals surface area (Å²) in [6.07, 6.45) is -0.736. The Hall–Kier alpha value is -1.01. The second kappa shape index (κ2) is 7.84. The number of amides is 1. The van der Waals surface area contributed by atoms with Gasteiger partial charge in [0.25, 0.3) is 0 Å². The van der Waals surface area contributed by atoms with Gasteiger partial charge in [0.15, 0.2) is 0 Å². The van der Waals surface area contributed by atoms with Crippen LogP contribution in [0.1, 0.15) is 13.8 Å². The first-order valence-electron chi connectivity index (χ1n) is 6.49. The molecule has 0 radical (unpaired) electrons. The molecule has 0 fully saturated rings. The zero-order valence-corrected chi connectivity index (χ0v) is 13.5. The molecule has 1 aromatic carbocycles. The number of halogens is 2. The fourth-order valence-corrected chi connectivity index (χ4v) is 1.94. The van der Waals surface area contributed by atoms with Crippen molar-refractivity contribution in [3.05, 3.63) is 28.2 Å². The van der Waals surface area contributed by atoms with Crippen molar-refractivity contribution in [3.8, 4) is 5.75 Å². The van der Waals surface area contributed by atoms with E-state index < -0.39 is 17.4 Å². The number of carbonyl (C=O) groups excluding carboxylic acids is 1. The molecular weight excluding hydrogens is 315 g/mol. The molecule has 21 heavy (non-hydrogen) atoms. The maximum Gasteiger partial charge on any atom is 0.224 e. The van der Waals surface area contributed by atoms with Crippen LogP contribution in [0.3, 0.4) is 0 Å². The van der Waals surface area contributed by atoms with Crippen LogP contribution in [0.15, 0.2) is 18.2 Å². The fourth-order valence-electron chi connectivity index (χ4n) is 1.48. The summed E-state index contributed by atoms with van der Waals surface area (Å²) in [4.78, 5) is 11.1. The highest BCUT2D eigenvalue weighted by Crippen LogP contribution is 2.27. The van der Waals surface area contributed by atoms with Crippen LogP contribution in [-0.2, 0) is 4.79 Å². The maximum absolute atomic E-state index is 11.1. The number of hydrogen-bond acceptors (Lipinski definition) is 4. The summed E-state index contributed by atoms with van der Waals surface area (Å²) < 4.78 is 5.41. The Morgan fingerprint density at radius 3 is 2.71 bits per heavy atom. The van der Waals surface area contributed by atoms with Crippen LogP contribution >= 0.6 is 23.2 Å². The van der Waals surface area contributed by atoms with E-state index in [0.717, 1.165) is 0 Å². The zero-order valence-electron chi connectivity index (χ0n) is 12.0. The fraction of sp³-hybridized carbons (Fsp3) is 0.500. The van der Waals surface area contributed by atoms with Gasteiger partial charge in [0.05, 0.1) is 10.4 Å². The van der Waals surface area contributed by atoms with Crippen LogP contribution < -0.4 is 15.8 Å². The molecule has 0 bridgehead atoms. The number of ether oxygens (including phenoxy) is 1. The highest BCUT2D eigenvalue weighted by atomic mass is 35.5. The molecule has 5 nitrogen and oxygen atoms in total. The molecule has 1 unspecified atom stereocenters. The second-order valence-electron chi connectivity index (χ2n) is 5.42. The minimum Gasteiger partial charge on any atom is -0.489 e. The Labute approximate surface area is 134 Å². The summed E-state index contributed by atoms with van der Waals surface area (Å²) in [5.74, 6) is 0.0614. The minimum absolute atomic E-state index is 0.0748. The van der Waals surface area contributed by atoms with Gasteiger partial charge < -0.3 is 20.9 Å². The highest BCUT2D eigenvalue weighted by Gasteiger charge is 2.24. The van der Waals surface area contributed by atoms with E-state index in [9.17, 15) is 9.90 Å². The molecule has 1 aromatic rings. The second-order valence-corrected chi connectivity index (χ2v) is 6.26. The molecule has 0 heterocycles. The number of primary amides is 1. The van der Waals surface area contributed by atoms with E-state index in [2.05, 4.69) is 5.32 Å². The van der Waals surface area contributed by atoms with Gasteiger partial charge in [-0.05, 0) is 32.0 Å². The van der Waals surface area contributed by atoms with Crippen molar-refractivity contribution in [1.29, 1.82) is 0 Å². The lowest BCUT2D eigenvalue weighted by Gasteiger charge is -2.22. The number of nitrogens with two attached hydrogens (primary N) is 1. The van der Waals surface area contributed by atoms with E-state index in [4.69, 9.17) is 33.7 Å². The number of rotatable bonds is 8. The van der Waals surface area contributed by atoms with Crippen molar-refractivity contribution in [2.45, 2.75) is 20.0 Å². The van der Waals surface area contributed by atoms with Crippen LogP contribution in [0.25, 0.3) is 0 Å². The summed E-state index contributed by atoms with van der Waals surface area (Å²) in [5, 5.41) is 13.7. The molecule has 1 amide bonds. The van der Waals surface area contributed by atoms with Crippen molar-refractivity contribution in [2.75, 3.05) is 19.7 Å². The molecular formula is C14H20Cl2N2O3. The van der Waals surface area contributed by atoms with Gasteiger partial charge in [-0.15, -0.1) is 0 Å². The molecule has 4 N–H and O–H groups in total. The van der Waals surface area contributed by atoms with Crippen LogP contribution in [0.4, 0.5) is 0 Å². The number of aliphatic hydroxyl groups is 1. The van der Waals surface area contributed by atoms with Crippen molar-refractivity contribution >= 4 is 29.1 Å². The van der Waals surface area contributed by atoms with Gasteiger partial charge in [0.1, 0.15) is 18.5 Å². The number of benzene rings is 1. The summed E-state index contributed by atoms with van der Waals surface area (Å²) in [6, 6.07) is 4.86. The van der Waals surface area contributed by atoms with Crippen LogP contribution in [-0.4, -0.2) is 36.8 Å². The lowest BCUT2D eigenvalue weighted by Crippen LogP contribution is -2.43. The lowest BCUT2D eigenvalue weighted by atomic mass is 9.93. The standard InChI is InChI=1S/C14H20Cl2N2O3/c1-14(2,13(17)20)8-18-6-10(19)7-21-12-4-3-9(15)5-11(12)16/h3-5,10,18-19H,6-8H2,1-2H3,(H2,17,20). The van der Waals surface area contributed by atoms with E-state index in [1.54, 1.807) is 32.0 Å². The summed E-state index contributed by atoms with van der Waals surface area (Å²) in [5.41, 5.74) is 4.59. The highest BCUT2D eigenvalue weighted by molar-refractivity contribution is 6.35. The number of nitrogens with one attached hydrogen (secondary N) is 1. The van der Waals surface area contributed by atoms with Crippen molar-refractivity contribution in [2.24, 2.45) is 11.1 Å². The first-order valence-corrected chi connectivity index (χ1v) is 7.24. The largest absolute Gasteiger partial charge is 0.489 e. The van der Waals surface area contributed by atoms with Crippen LogP contribution in [0.5, 0.6) is 5.75 Å². The molecule has 0 aliphatic rings. The van der Waals surface area contributed by atoms with E-state index in [0.29, 0.717) is 22.3 Å². The number of carbonyl (C=O) groups is 1. The summed E-state index contributed by atoms with van der Waals surface area (Å²) >= 11 is 11.7. The molecule has 0 aliphatic carbocycles. The third kappa shape index (κ3) is 6.09. The van der Waals surface area contributed by atoms with Crippen molar-refractivity contribution < 1.29 is 14.6 Å². The van der Waals surface area contributed by atoms with Gasteiger partial charge in [0, 0.05) is 18.1 Å². The number of aliphatic hydroxyl groups excluding tert-OH is 1. The molecule has 7 heteroatoms. The van der Waals surface area contributed by atoms with E-state index in [1.807, 2.05) is 0 Å². The Morgan fingerprint density at radius 1 is 1.48 bits per heavy atom.